The Hall–Kier alpha value is -1.63. The van der Waals surface area contributed by atoms with Crippen LogP contribution in [0.3, 0.4) is 0 Å². The maximum Gasteiger partial charge on any atom is 0.328 e. The molecule has 2 atom stereocenters. The van der Waals surface area contributed by atoms with Crippen LogP contribution in [0.15, 0.2) is 0 Å². The largest absolute Gasteiger partial charge is 0.464 e. The number of hydrogen-bond acceptors (Lipinski definition) is 5. The molecular weight excluding hydrogens is 226 g/mol. The molecule has 0 aromatic carbocycles. The fourth-order valence-corrected chi connectivity index (χ4v) is 0.947. The number of amides is 2. The number of nitrogens with two attached hydrogens (primary N) is 1. The lowest BCUT2D eigenvalue weighted by atomic mass is 10.3. The molecule has 0 aliphatic rings. The first-order valence-corrected chi connectivity index (χ1v) is 5.37. The minimum absolute atomic E-state index is 0.218. The Bertz CT molecular complexity index is 291. The molecule has 17 heavy (non-hydrogen) atoms. The summed E-state index contributed by atoms with van der Waals surface area (Å²) in [6.07, 6.45) is 0. The van der Waals surface area contributed by atoms with Gasteiger partial charge in [-0.1, -0.05) is 0 Å². The van der Waals surface area contributed by atoms with Crippen LogP contribution < -0.4 is 16.4 Å². The number of carbonyl (C=O) groups excluding carboxylic acids is 3. The highest BCUT2D eigenvalue weighted by Gasteiger charge is 2.17. The van der Waals surface area contributed by atoms with Crippen molar-refractivity contribution >= 4 is 17.8 Å². The van der Waals surface area contributed by atoms with E-state index in [2.05, 4.69) is 10.6 Å². The van der Waals surface area contributed by atoms with Crippen LogP contribution in [0, 0.1) is 0 Å². The Balaban J connectivity index is 3.94. The van der Waals surface area contributed by atoms with Crippen molar-refractivity contribution in [3.8, 4) is 0 Å². The van der Waals surface area contributed by atoms with Crippen molar-refractivity contribution in [2.75, 3.05) is 13.2 Å². The highest BCUT2D eigenvalue weighted by Crippen LogP contribution is 1.87. The topological polar surface area (TPSA) is 111 Å². The molecule has 7 heteroatoms. The molecule has 0 aromatic heterocycles. The Morgan fingerprint density at radius 2 is 1.88 bits per heavy atom. The van der Waals surface area contributed by atoms with E-state index in [1.807, 2.05) is 0 Å². The highest BCUT2D eigenvalue weighted by atomic mass is 16.5. The lowest BCUT2D eigenvalue weighted by Gasteiger charge is -2.13. The van der Waals surface area contributed by atoms with Crippen LogP contribution in [-0.2, 0) is 19.1 Å². The summed E-state index contributed by atoms with van der Waals surface area (Å²) in [4.78, 5) is 33.6. The van der Waals surface area contributed by atoms with E-state index in [-0.39, 0.29) is 13.2 Å². The van der Waals surface area contributed by atoms with Gasteiger partial charge in [-0.15, -0.1) is 0 Å². The maximum absolute atomic E-state index is 11.3. The summed E-state index contributed by atoms with van der Waals surface area (Å²) < 4.78 is 4.71. The van der Waals surface area contributed by atoms with Crippen molar-refractivity contribution in [1.82, 2.24) is 10.6 Å². The van der Waals surface area contributed by atoms with Crippen molar-refractivity contribution < 1.29 is 19.1 Å². The molecule has 0 aromatic rings. The summed E-state index contributed by atoms with van der Waals surface area (Å²) in [5.41, 5.74) is 5.29. The van der Waals surface area contributed by atoms with E-state index in [1.165, 1.54) is 13.8 Å². The number of ether oxygens (including phenoxy) is 1. The van der Waals surface area contributed by atoms with E-state index in [4.69, 9.17) is 10.5 Å². The van der Waals surface area contributed by atoms with Gasteiger partial charge in [0, 0.05) is 0 Å². The summed E-state index contributed by atoms with van der Waals surface area (Å²) in [6.45, 7) is 4.72. The smallest absolute Gasteiger partial charge is 0.328 e. The van der Waals surface area contributed by atoms with Crippen molar-refractivity contribution in [2.45, 2.75) is 32.9 Å². The van der Waals surface area contributed by atoms with Gasteiger partial charge in [0.2, 0.25) is 11.8 Å². The van der Waals surface area contributed by atoms with Crippen LogP contribution in [0.25, 0.3) is 0 Å². The first-order chi connectivity index (χ1) is 7.88. The van der Waals surface area contributed by atoms with Gasteiger partial charge in [0.15, 0.2) is 0 Å². The Kier molecular flexibility index (Phi) is 6.88. The third-order valence-electron chi connectivity index (χ3n) is 1.85. The van der Waals surface area contributed by atoms with Crippen LogP contribution in [0.5, 0.6) is 0 Å². The zero-order valence-corrected chi connectivity index (χ0v) is 10.3. The first-order valence-electron chi connectivity index (χ1n) is 5.37. The quantitative estimate of drug-likeness (QED) is 0.494. The first kappa shape index (κ1) is 15.4. The van der Waals surface area contributed by atoms with Gasteiger partial charge < -0.3 is 21.1 Å². The Labute approximate surface area is 100 Å². The molecule has 0 unspecified atom stereocenters. The van der Waals surface area contributed by atoms with E-state index in [1.54, 1.807) is 6.92 Å². The van der Waals surface area contributed by atoms with E-state index in [0.29, 0.717) is 0 Å². The predicted molar refractivity (Wildman–Crippen MR) is 60.9 cm³/mol. The van der Waals surface area contributed by atoms with Gasteiger partial charge in [0.05, 0.1) is 19.2 Å². The molecule has 0 saturated carbocycles. The number of hydrogen-bond donors (Lipinski definition) is 3. The van der Waals surface area contributed by atoms with Gasteiger partial charge in [-0.05, 0) is 20.8 Å². The monoisotopic (exact) mass is 245 g/mol. The maximum atomic E-state index is 11.3. The van der Waals surface area contributed by atoms with Gasteiger partial charge in [0.1, 0.15) is 6.04 Å². The van der Waals surface area contributed by atoms with Gasteiger partial charge in [-0.25, -0.2) is 4.79 Å². The van der Waals surface area contributed by atoms with Gasteiger partial charge in [-0.3, -0.25) is 9.59 Å². The summed E-state index contributed by atoms with van der Waals surface area (Å²) in [6, 6.07) is -1.42. The third-order valence-corrected chi connectivity index (χ3v) is 1.85. The molecule has 0 aliphatic heterocycles. The molecule has 98 valence electrons. The van der Waals surface area contributed by atoms with Crippen LogP contribution in [-0.4, -0.2) is 43.0 Å². The third kappa shape index (κ3) is 6.52. The lowest BCUT2D eigenvalue weighted by Crippen LogP contribution is -2.47. The number of nitrogens with one attached hydrogen (secondary N) is 2. The molecule has 2 amide bonds. The Morgan fingerprint density at radius 1 is 1.29 bits per heavy atom. The van der Waals surface area contributed by atoms with E-state index < -0.39 is 29.9 Å². The lowest BCUT2D eigenvalue weighted by molar-refractivity contribution is -0.146. The molecule has 0 bridgehead atoms. The number of carbonyl (C=O) groups is 3. The summed E-state index contributed by atoms with van der Waals surface area (Å²) in [7, 11) is 0. The van der Waals surface area contributed by atoms with Gasteiger partial charge in [0.25, 0.3) is 0 Å². The van der Waals surface area contributed by atoms with Crippen LogP contribution in [0.1, 0.15) is 20.8 Å². The van der Waals surface area contributed by atoms with Crippen molar-refractivity contribution in [3.05, 3.63) is 0 Å². The van der Waals surface area contributed by atoms with Crippen LogP contribution in [0.4, 0.5) is 0 Å². The second-order valence-corrected chi connectivity index (χ2v) is 3.55. The zero-order valence-electron chi connectivity index (χ0n) is 10.3. The zero-order chi connectivity index (χ0) is 13.4. The second-order valence-electron chi connectivity index (χ2n) is 3.55. The summed E-state index contributed by atoms with van der Waals surface area (Å²) in [5.74, 6) is -1.41. The number of rotatable bonds is 6. The predicted octanol–water partition coefficient (Wildman–Crippen LogP) is -1.48. The highest BCUT2D eigenvalue weighted by molar-refractivity contribution is 5.89. The van der Waals surface area contributed by atoms with Crippen molar-refractivity contribution in [3.63, 3.8) is 0 Å². The Morgan fingerprint density at radius 3 is 2.35 bits per heavy atom. The summed E-state index contributed by atoms with van der Waals surface area (Å²) in [5, 5.41) is 4.72. The van der Waals surface area contributed by atoms with Gasteiger partial charge in [-0.2, -0.15) is 0 Å². The van der Waals surface area contributed by atoms with E-state index in [0.717, 1.165) is 0 Å². The van der Waals surface area contributed by atoms with Crippen LogP contribution in [0.2, 0.25) is 0 Å². The molecule has 0 rings (SSSR count). The van der Waals surface area contributed by atoms with Crippen molar-refractivity contribution in [1.29, 1.82) is 0 Å². The molecule has 0 aliphatic carbocycles. The van der Waals surface area contributed by atoms with Crippen molar-refractivity contribution in [2.24, 2.45) is 5.73 Å². The molecule has 0 spiro atoms. The minimum atomic E-state index is -0.741. The van der Waals surface area contributed by atoms with E-state index >= 15 is 0 Å². The molecule has 0 saturated heterocycles. The fourth-order valence-electron chi connectivity index (χ4n) is 0.947. The fraction of sp³-hybridized carbons (Fsp3) is 0.700. The molecule has 7 nitrogen and oxygen atoms in total. The summed E-state index contributed by atoms with van der Waals surface area (Å²) >= 11 is 0. The minimum Gasteiger partial charge on any atom is -0.464 e. The normalized spacial score (nSPS) is 13.4. The average molecular weight is 245 g/mol. The standard InChI is InChI=1S/C10H19N3O4/c1-4-17-10(16)7(3)13-8(14)5-12-9(15)6(2)11/h6-7H,4-5,11H2,1-3H3,(H,12,15)(H,13,14)/t6-,7-/m0/s1. The molecular formula is C10H19N3O4. The number of esters is 1. The van der Waals surface area contributed by atoms with Crippen LogP contribution >= 0.6 is 0 Å². The molecule has 0 heterocycles. The molecule has 0 radical (unpaired) electrons. The SMILES string of the molecule is CCOC(=O)[C@H](C)NC(=O)CNC(=O)[C@H](C)N. The molecule has 0 fully saturated rings. The molecule has 4 N–H and O–H groups in total. The van der Waals surface area contributed by atoms with Gasteiger partial charge >= 0.3 is 5.97 Å². The second kappa shape index (κ2) is 7.61. The van der Waals surface area contributed by atoms with E-state index in [9.17, 15) is 14.4 Å². The average Bonchev–Trinajstić information content (AvgIpc) is 2.25.